The van der Waals surface area contributed by atoms with Gasteiger partial charge in [0.15, 0.2) is 0 Å². The molecule has 0 aromatic rings. The summed E-state index contributed by atoms with van der Waals surface area (Å²) in [5, 5.41) is 9.25. The Labute approximate surface area is 115 Å². The highest BCUT2D eigenvalue weighted by Gasteiger charge is 2.40. The summed E-state index contributed by atoms with van der Waals surface area (Å²) in [5.74, 6) is 0.834. The minimum atomic E-state index is -0.240. The number of rotatable bonds is 3. The van der Waals surface area contributed by atoms with Crippen molar-refractivity contribution in [1.82, 2.24) is 4.90 Å². The Morgan fingerprint density at radius 3 is 2.74 bits per heavy atom. The summed E-state index contributed by atoms with van der Waals surface area (Å²) in [7, 11) is 0. The molecule has 0 bridgehead atoms. The minimum Gasteiger partial charge on any atom is -0.449 e. The first-order chi connectivity index (χ1) is 8.95. The SMILES string of the molecule is CC(C)C1CCN(C(=O)OCC2(C)CC2)CC1C#N. The highest BCUT2D eigenvalue weighted by atomic mass is 16.6. The van der Waals surface area contributed by atoms with Gasteiger partial charge in [-0.1, -0.05) is 20.8 Å². The van der Waals surface area contributed by atoms with Crippen LogP contribution in [0.1, 0.15) is 40.0 Å². The molecule has 2 atom stereocenters. The first-order valence-electron chi connectivity index (χ1n) is 7.26. The van der Waals surface area contributed by atoms with E-state index in [4.69, 9.17) is 4.74 Å². The molecule has 2 fully saturated rings. The Balaban J connectivity index is 1.85. The lowest BCUT2D eigenvalue weighted by Crippen LogP contribution is -2.45. The number of ether oxygens (including phenoxy) is 1. The van der Waals surface area contributed by atoms with Gasteiger partial charge in [0.2, 0.25) is 0 Å². The fraction of sp³-hybridized carbons (Fsp3) is 0.867. The molecule has 0 radical (unpaired) electrons. The topological polar surface area (TPSA) is 53.3 Å². The second kappa shape index (κ2) is 5.40. The molecule has 106 valence electrons. The molecule has 2 aliphatic rings. The number of nitriles is 1. The van der Waals surface area contributed by atoms with Crippen molar-refractivity contribution in [2.75, 3.05) is 19.7 Å². The van der Waals surface area contributed by atoms with Gasteiger partial charge in [0.05, 0.1) is 18.6 Å². The number of hydrogen-bond acceptors (Lipinski definition) is 3. The smallest absolute Gasteiger partial charge is 0.409 e. The van der Waals surface area contributed by atoms with Crippen molar-refractivity contribution in [2.24, 2.45) is 23.2 Å². The molecule has 0 aromatic heterocycles. The lowest BCUT2D eigenvalue weighted by Gasteiger charge is -2.36. The van der Waals surface area contributed by atoms with Crippen molar-refractivity contribution in [2.45, 2.75) is 40.0 Å². The van der Waals surface area contributed by atoms with Crippen molar-refractivity contribution >= 4 is 6.09 Å². The Kier molecular flexibility index (Phi) is 4.03. The number of likely N-dealkylation sites (tertiary alicyclic amines) is 1. The number of hydrogen-bond donors (Lipinski definition) is 0. The molecule has 1 aliphatic carbocycles. The largest absolute Gasteiger partial charge is 0.449 e. The van der Waals surface area contributed by atoms with Crippen LogP contribution in [0.5, 0.6) is 0 Å². The molecule has 0 aromatic carbocycles. The van der Waals surface area contributed by atoms with Crippen LogP contribution in [0, 0.1) is 34.5 Å². The molecule has 1 heterocycles. The van der Waals surface area contributed by atoms with E-state index < -0.39 is 0 Å². The molecule has 1 saturated carbocycles. The van der Waals surface area contributed by atoms with Crippen LogP contribution in [0.15, 0.2) is 0 Å². The van der Waals surface area contributed by atoms with E-state index in [0.29, 0.717) is 25.0 Å². The van der Waals surface area contributed by atoms with Crippen LogP contribution in [0.4, 0.5) is 4.79 Å². The molecular weight excluding hydrogens is 240 g/mol. The van der Waals surface area contributed by atoms with E-state index in [1.807, 2.05) is 0 Å². The Bertz CT molecular complexity index is 382. The summed E-state index contributed by atoms with van der Waals surface area (Å²) in [6.07, 6.45) is 2.96. The van der Waals surface area contributed by atoms with Crippen LogP contribution >= 0.6 is 0 Å². The first kappa shape index (κ1) is 14.2. The van der Waals surface area contributed by atoms with Crippen molar-refractivity contribution in [3.05, 3.63) is 0 Å². The fourth-order valence-electron chi connectivity index (χ4n) is 2.76. The average Bonchev–Trinajstić information content (AvgIpc) is 3.13. The summed E-state index contributed by atoms with van der Waals surface area (Å²) >= 11 is 0. The number of nitrogens with zero attached hydrogens (tertiary/aromatic N) is 2. The van der Waals surface area contributed by atoms with Crippen LogP contribution in [-0.4, -0.2) is 30.7 Å². The van der Waals surface area contributed by atoms with Gasteiger partial charge in [0, 0.05) is 18.5 Å². The maximum absolute atomic E-state index is 12.0. The second-order valence-corrected chi connectivity index (χ2v) is 6.74. The summed E-state index contributed by atoms with van der Waals surface area (Å²) in [4.78, 5) is 13.7. The number of amides is 1. The molecule has 19 heavy (non-hydrogen) atoms. The van der Waals surface area contributed by atoms with Gasteiger partial charge in [0.25, 0.3) is 0 Å². The van der Waals surface area contributed by atoms with Crippen molar-refractivity contribution in [3.63, 3.8) is 0 Å². The Morgan fingerprint density at radius 2 is 2.21 bits per heavy atom. The molecule has 1 amide bonds. The van der Waals surface area contributed by atoms with Crippen molar-refractivity contribution in [3.8, 4) is 6.07 Å². The lowest BCUT2D eigenvalue weighted by molar-refractivity contribution is 0.0595. The zero-order chi connectivity index (χ0) is 14.0. The third kappa shape index (κ3) is 3.40. The Morgan fingerprint density at radius 1 is 1.53 bits per heavy atom. The standard InChI is InChI=1S/C15H24N2O2/c1-11(2)13-4-7-17(9-12(13)8-16)14(18)19-10-15(3)5-6-15/h11-13H,4-7,9-10H2,1-3H3. The van der Waals surface area contributed by atoms with Crippen LogP contribution in [0.25, 0.3) is 0 Å². The minimum absolute atomic E-state index is 0.0576. The van der Waals surface area contributed by atoms with Gasteiger partial charge in [-0.3, -0.25) is 0 Å². The summed E-state index contributed by atoms with van der Waals surface area (Å²) in [6, 6.07) is 2.36. The van der Waals surface area contributed by atoms with Gasteiger partial charge in [-0.2, -0.15) is 5.26 Å². The molecule has 2 unspecified atom stereocenters. The van der Waals surface area contributed by atoms with E-state index in [0.717, 1.165) is 25.8 Å². The summed E-state index contributed by atoms with van der Waals surface area (Å²) in [6.45, 7) is 8.20. The Hall–Kier alpha value is -1.24. The lowest BCUT2D eigenvalue weighted by atomic mass is 9.79. The second-order valence-electron chi connectivity index (χ2n) is 6.74. The third-order valence-corrected chi connectivity index (χ3v) is 4.59. The number of carbonyl (C=O) groups is 1. The van der Waals surface area contributed by atoms with Crippen molar-refractivity contribution in [1.29, 1.82) is 5.26 Å². The third-order valence-electron chi connectivity index (χ3n) is 4.59. The molecule has 2 rings (SSSR count). The van der Waals surface area contributed by atoms with Crippen LogP contribution in [-0.2, 0) is 4.74 Å². The van der Waals surface area contributed by atoms with Gasteiger partial charge in [-0.25, -0.2) is 4.79 Å². The summed E-state index contributed by atoms with van der Waals surface area (Å²) < 4.78 is 5.37. The predicted octanol–water partition coefficient (Wildman–Crippen LogP) is 3.04. The van der Waals surface area contributed by atoms with Gasteiger partial charge in [0.1, 0.15) is 0 Å². The van der Waals surface area contributed by atoms with Crippen LogP contribution in [0.3, 0.4) is 0 Å². The first-order valence-corrected chi connectivity index (χ1v) is 7.26. The molecule has 1 saturated heterocycles. The van der Waals surface area contributed by atoms with Crippen LogP contribution < -0.4 is 0 Å². The quantitative estimate of drug-likeness (QED) is 0.787. The molecule has 4 heteroatoms. The number of carbonyl (C=O) groups excluding carboxylic acids is 1. The normalized spacial score (nSPS) is 28.9. The molecule has 4 nitrogen and oxygen atoms in total. The molecule has 0 N–H and O–H groups in total. The highest BCUT2D eigenvalue weighted by molar-refractivity contribution is 5.67. The maximum atomic E-state index is 12.0. The van der Waals surface area contributed by atoms with Gasteiger partial charge in [-0.15, -0.1) is 0 Å². The maximum Gasteiger partial charge on any atom is 0.409 e. The highest BCUT2D eigenvalue weighted by Crippen LogP contribution is 2.45. The molecular formula is C15H24N2O2. The number of piperidine rings is 1. The monoisotopic (exact) mass is 264 g/mol. The van der Waals surface area contributed by atoms with E-state index >= 15 is 0 Å². The van der Waals surface area contributed by atoms with Crippen LogP contribution in [0.2, 0.25) is 0 Å². The average molecular weight is 264 g/mol. The van der Waals surface area contributed by atoms with E-state index in [1.165, 1.54) is 0 Å². The molecule has 0 spiro atoms. The summed E-state index contributed by atoms with van der Waals surface area (Å²) in [5.41, 5.74) is 0.223. The van der Waals surface area contributed by atoms with E-state index in [-0.39, 0.29) is 17.4 Å². The van der Waals surface area contributed by atoms with Crippen molar-refractivity contribution < 1.29 is 9.53 Å². The zero-order valence-electron chi connectivity index (χ0n) is 12.2. The predicted molar refractivity (Wildman–Crippen MR) is 72.3 cm³/mol. The van der Waals surface area contributed by atoms with Gasteiger partial charge < -0.3 is 9.64 Å². The fourth-order valence-corrected chi connectivity index (χ4v) is 2.76. The van der Waals surface area contributed by atoms with Gasteiger partial charge in [-0.05, 0) is 31.1 Å². The van der Waals surface area contributed by atoms with E-state index in [9.17, 15) is 10.1 Å². The van der Waals surface area contributed by atoms with Gasteiger partial charge >= 0.3 is 6.09 Å². The van der Waals surface area contributed by atoms with E-state index in [2.05, 4.69) is 26.8 Å². The zero-order valence-corrected chi connectivity index (χ0v) is 12.2. The van der Waals surface area contributed by atoms with E-state index in [1.54, 1.807) is 4.90 Å². The molecule has 1 aliphatic heterocycles.